The Bertz CT molecular complexity index is 1260. The van der Waals surface area contributed by atoms with Crippen molar-refractivity contribution in [2.75, 3.05) is 7.11 Å². The van der Waals surface area contributed by atoms with Gasteiger partial charge in [-0.05, 0) is 50.2 Å². The van der Waals surface area contributed by atoms with Crippen LogP contribution in [0.1, 0.15) is 97.0 Å². The van der Waals surface area contributed by atoms with E-state index in [0.717, 1.165) is 28.5 Å². The number of carbonyl (C=O) groups is 1. The highest BCUT2D eigenvalue weighted by Gasteiger charge is 2.37. The Morgan fingerprint density at radius 3 is 2.72 bits per heavy atom. The maximum absolute atomic E-state index is 11.4. The number of fused-ring (bicyclic) bond motifs is 1. The van der Waals surface area contributed by atoms with Crippen molar-refractivity contribution in [1.29, 1.82) is 0 Å². The van der Waals surface area contributed by atoms with Crippen molar-refractivity contribution >= 4 is 38.9 Å². The molecule has 0 amide bonds. The van der Waals surface area contributed by atoms with Crippen molar-refractivity contribution in [2.45, 2.75) is 82.3 Å². The molecule has 3 aromatic rings. The molecule has 6 rings (SSSR count). The molecule has 0 aliphatic heterocycles. The third-order valence-corrected chi connectivity index (χ3v) is 8.44. The fraction of sp³-hybridized carbons (Fsp3) is 0.556. The van der Waals surface area contributed by atoms with E-state index in [4.69, 9.17) is 14.0 Å². The van der Waals surface area contributed by atoms with Crippen molar-refractivity contribution < 1.29 is 23.9 Å². The fourth-order valence-electron chi connectivity index (χ4n) is 4.93. The maximum Gasteiger partial charge on any atom is 0.335 e. The number of methoxy groups -OCH3 is 1. The van der Waals surface area contributed by atoms with E-state index in [0.29, 0.717) is 41.3 Å². The van der Waals surface area contributed by atoms with Crippen molar-refractivity contribution in [3.05, 3.63) is 34.7 Å². The number of aliphatic imine (C=N–C) groups is 1. The molecule has 3 aliphatic carbocycles. The number of thiazole rings is 1. The average Bonchev–Trinajstić information content (AvgIpc) is 3.78. The molecule has 0 saturated heterocycles. The molecule has 1 aromatic carbocycles. The van der Waals surface area contributed by atoms with Gasteiger partial charge < -0.3 is 19.1 Å². The molecular formula is C27H31N3O5S. The van der Waals surface area contributed by atoms with Crippen LogP contribution in [0.5, 0.6) is 5.75 Å². The van der Waals surface area contributed by atoms with Gasteiger partial charge in [-0.25, -0.2) is 14.8 Å². The minimum absolute atomic E-state index is 0.0792. The molecule has 2 heterocycles. The van der Waals surface area contributed by atoms with Crippen molar-refractivity contribution in [1.82, 2.24) is 10.1 Å². The molecule has 36 heavy (non-hydrogen) atoms. The third-order valence-electron chi connectivity index (χ3n) is 7.53. The van der Waals surface area contributed by atoms with Gasteiger partial charge in [-0.2, -0.15) is 0 Å². The zero-order chi connectivity index (χ0) is 24.6. The molecule has 3 fully saturated rings. The lowest BCUT2D eigenvalue weighted by molar-refractivity contribution is 0.0196. The van der Waals surface area contributed by atoms with E-state index in [9.17, 15) is 9.90 Å². The Kier molecular flexibility index (Phi) is 6.52. The Balaban J connectivity index is 1.16. The molecule has 1 atom stereocenters. The van der Waals surface area contributed by atoms with Crippen LogP contribution >= 0.6 is 11.3 Å². The minimum atomic E-state index is -0.993. The number of carboxylic acids is 1. The smallest absolute Gasteiger partial charge is 0.335 e. The lowest BCUT2D eigenvalue weighted by atomic mass is 9.81. The first-order valence-corrected chi connectivity index (χ1v) is 13.7. The number of hydrogen-bond acceptors (Lipinski definition) is 8. The van der Waals surface area contributed by atoms with Gasteiger partial charge in [0.15, 0.2) is 0 Å². The molecule has 3 aliphatic rings. The summed E-state index contributed by atoms with van der Waals surface area (Å²) in [5, 5.41) is 14.4. The molecule has 0 unspecified atom stereocenters. The largest absolute Gasteiger partial charge is 0.494 e. The monoisotopic (exact) mass is 509 g/mol. The van der Waals surface area contributed by atoms with Crippen LogP contribution in [-0.2, 0) is 11.3 Å². The van der Waals surface area contributed by atoms with Crippen LogP contribution in [-0.4, -0.2) is 40.6 Å². The van der Waals surface area contributed by atoms with Crippen molar-refractivity contribution in [3.8, 4) is 5.75 Å². The molecule has 0 bridgehead atoms. The third kappa shape index (κ3) is 5.04. The van der Waals surface area contributed by atoms with E-state index < -0.39 is 5.97 Å². The van der Waals surface area contributed by atoms with Crippen LogP contribution in [0.3, 0.4) is 0 Å². The highest BCUT2D eigenvalue weighted by Crippen LogP contribution is 2.48. The summed E-state index contributed by atoms with van der Waals surface area (Å²) in [5.74, 6) is 2.29. The number of nitrogens with zero attached hydrogens (tertiary/aromatic N) is 3. The maximum atomic E-state index is 11.4. The Labute approximate surface area is 213 Å². The summed E-state index contributed by atoms with van der Waals surface area (Å²) in [4.78, 5) is 20.6. The van der Waals surface area contributed by atoms with Gasteiger partial charge in [0.05, 0.1) is 35.8 Å². The summed E-state index contributed by atoms with van der Waals surface area (Å²) in [6, 6.07) is 3.12. The first kappa shape index (κ1) is 23.6. The van der Waals surface area contributed by atoms with Crippen molar-refractivity contribution in [3.63, 3.8) is 0 Å². The standard InChI is InChI=1S/C27H31N3O5S/c1-33-21-12-18(26(31)32)13-22-24(21)29-27(36-22)28-10-9-19(11-15-3-2-4-15)34-14-20-23(16-5-6-16)30-35-25(20)17-7-8-17/h10,12-13,15-17,19H,2-9,11,14H2,1H3,(H,31,32)/t19-/m1/s1. The molecule has 9 heteroatoms. The number of aromatic carboxylic acids is 1. The second kappa shape index (κ2) is 9.94. The quantitative estimate of drug-likeness (QED) is 0.274. The predicted molar refractivity (Wildman–Crippen MR) is 137 cm³/mol. The first-order valence-electron chi connectivity index (χ1n) is 12.9. The summed E-state index contributed by atoms with van der Waals surface area (Å²) >= 11 is 1.36. The molecule has 1 N–H and O–H groups in total. The van der Waals surface area contributed by atoms with Crippen LogP contribution in [0.15, 0.2) is 21.6 Å². The van der Waals surface area contributed by atoms with Gasteiger partial charge in [-0.15, -0.1) is 0 Å². The van der Waals surface area contributed by atoms with Gasteiger partial charge in [-0.1, -0.05) is 35.8 Å². The van der Waals surface area contributed by atoms with Crippen LogP contribution in [0.2, 0.25) is 0 Å². The Hall–Kier alpha value is -2.78. The van der Waals surface area contributed by atoms with Crippen LogP contribution in [0.25, 0.3) is 10.2 Å². The molecule has 0 spiro atoms. The van der Waals surface area contributed by atoms with E-state index >= 15 is 0 Å². The van der Waals surface area contributed by atoms with Gasteiger partial charge in [0.1, 0.15) is 17.0 Å². The number of ether oxygens (including phenoxy) is 2. The average molecular weight is 510 g/mol. The molecule has 2 aromatic heterocycles. The summed E-state index contributed by atoms with van der Waals surface area (Å²) in [5.41, 5.74) is 3.13. The summed E-state index contributed by atoms with van der Waals surface area (Å²) < 4.78 is 18.4. The SMILES string of the molecule is COc1cc(C(=O)O)cc2sc(N=CC[C@H](CC3CCC3)OCc3c(C4CC4)noc3C3CC3)nc12. The minimum Gasteiger partial charge on any atom is -0.494 e. The number of hydrogen-bond donors (Lipinski definition) is 1. The Morgan fingerprint density at radius 2 is 2.06 bits per heavy atom. The van der Waals surface area contributed by atoms with Gasteiger partial charge >= 0.3 is 5.97 Å². The highest BCUT2D eigenvalue weighted by molar-refractivity contribution is 7.22. The second-order valence-electron chi connectivity index (χ2n) is 10.3. The zero-order valence-electron chi connectivity index (χ0n) is 20.4. The molecular weight excluding hydrogens is 478 g/mol. The van der Waals surface area contributed by atoms with Crippen molar-refractivity contribution in [2.24, 2.45) is 10.9 Å². The lowest BCUT2D eigenvalue weighted by Gasteiger charge is -2.29. The molecule has 3 saturated carbocycles. The van der Waals surface area contributed by atoms with E-state index in [2.05, 4.69) is 15.1 Å². The van der Waals surface area contributed by atoms with Crippen LogP contribution < -0.4 is 4.74 Å². The number of benzene rings is 1. The molecule has 190 valence electrons. The predicted octanol–water partition coefficient (Wildman–Crippen LogP) is 6.61. The second-order valence-corrected chi connectivity index (χ2v) is 11.3. The van der Waals surface area contributed by atoms with E-state index in [1.807, 2.05) is 6.21 Å². The summed E-state index contributed by atoms with van der Waals surface area (Å²) in [6.45, 7) is 0.558. The Morgan fingerprint density at radius 1 is 1.25 bits per heavy atom. The molecule has 8 nitrogen and oxygen atoms in total. The number of carboxylic acid groups (broad SMARTS) is 1. The van der Waals surface area contributed by atoms with Gasteiger partial charge in [0, 0.05) is 30.0 Å². The summed E-state index contributed by atoms with van der Waals surface area (Å²) in [6.07, 6.45) is 12.3. The topological polar surface area (TPSA) is 107 Å². The van der Waals surface area contributed by atoms with E-state index in [1.54, 1.807) is 6.07 Å². The van der Waals surface area contributed by atoms with E-state index in [-0.39, 0.29) is 11.7 Å². The fourth-order valence-corrected chi connectivity index (χ4v) is 5.82. The highest BCUT2D eigenvalue weighted by atomic mass is 32.1. The normalized spacial score (nSPS) is 19.1. The van der Waals surface area contributed by atoms with Gasteiger partial charge in [-0.3, -0.25) is 0 Å². The van der Waals surface area contributed by atoms with Crippen LogP contribution in [0, 0.1) is 5.92 Å². The zero-order valence-corrected chi connectivity index (χ0v) is 21.3. The van der Waals surface area contributed by atoms with E-state index in [1.165, 1.54) is 75.0 Å². The van der Waals surface area contributed by atoms with Crippen LogP contribution in [0.4, 0.5) is 5.13 Å². The van der Waals surface area contributed by atoms with Gasteiger partial charge in [0.2, 0.25) is 5.13 Å². The first-order chi connectivity index (χ1) is 17.6. The lowest BCUT2D eigenvalue weighted by Crippen LogP contribution is -2.22. The molecule has 0 radical (unpaired) electrons. The number of aromatic nitrogens is 2. The summed E-state index contributed by atoms with van der Waals surface area (Å²) in [7, 11) is 1.52. The van der Waals surface area contributed by atoms with Gasteiger partial charge in [0.25, 0.3) is 0 Å². The number of rotatable bonds is 12.